The number of carboxylic acids is 2. The lowest BCUT2D eigenvalue weighted by molar-refractivity contribution is -0.139. The minimum atomic E-state index is -1.04. The van der Waals surface area contributed by atoms with Crippen molar-refractivity contribution in [1.29, 1.82) is 0 Å². The maximum Gasteiger partial charge on any atom is 0.341 e. The van der Waals surface area contributed by atoms with Gasteiger partial charge in [0, 0.05) is 5.56 Å². The fourth-order valence-electron chi connectivity index (χ4n) is 2.13. The van der Waals surface area contributed by atoms with Crippen LogP contribution in [0, 0.1) is 0 Å². The molecule has 0 saturated heterocycles. The maximum atomic E-state index is 10.8. The third kappa shape index (κ3) is 4.55. The molecule has 0 amide bonds. The summed E-state index contributed by atoms with van der Waals surface area (Å²) >= 11 is 0. The lowest BCUT2D eigenvalue weighted by Gasteiger charge is -2.11. The smallest absolute Gasteiger partial charge is 0.341 e. The molecule has 0 aliphatic heterocycles. The van der Waals surface area contributed by atoms with Gasteiger partial charge in [0.25, 0.3) is 0 Å². The molecule has 0 spiro atoms. The van der Waals surface area contributed by atoms with Crippen molar-refractivity contribution in [2.45, 2.75) is 12.5 Å². The molecule has 1 atom stereocenters. The van der Waals surface area contributed by atoms with E-state index in [0.717, 1.165) is 16.7 Å². The van der Waals surface area contributed by atoms with Crippen LogP contribution in [0.2, 0.25) is 0 Å². The predicted molar refractivity (Wildman–Crippen MR) is 84.3 cm³/mol. The zero-order chi connectivity index (χ0) is 16.8. The van der Waals surface area contributed by atoms with Crippen LogP contribution in [0.5, 0.6) is 5.75 Å². The molecule has 0 saturated carbocycles. The van der Waals surface area contributed by atoms with Crippen molar-refractivity contribution in [2.75, 3.05) is 6.61 Å². The number of benzene rings is 2. The lowest BCUT2D eigenvalue weighted by atomic mass is 10.0. The fourth-order valence-corrected chi connectivity index (χ4v) is 2.13. The zero-order valence-corrected chi connectivity index (χ0v) is 12.3. The number of nitrogens with two attached hydrogens (primary N) is 1. The van der Waals surface area contributed by atoms with Gasteiger partial charge in [-0.05, 0) is 23.6 Å². The Balaban J connectivity index is 2.19. The first-order valence-electron chi connectivity index (χ1n) is 6.98. The van der Waals surface area contributed by atoms with Crippen molar-refractivity contribution < 1.29 is 24.5 Å². The van der Waals surface area contributed by atoms with E-state index in [2.05, 4.69) is 0 Å². The van der Waals surface area contributed by atoms with Crippen LogP contribution < -0.4 is 10.5 Å². The summed E-state index contributed by atoms with van der Waals surface area (Å²) in [5.74, 6) is -1.61. The highest BCUT2D eigenvalue weighted by molar-refractivity contribution is 5.74. The van der Waals surface area contributed by atoms with Crippen LogP contribution in [0.15, 0.2) is 48.5 Å². The number of hydrogen-bond donors (Lipinski definition) is 3. The largest absolute Gasteiger partial charge is 0.481 e. The van der Waals surface area contributed by atoms with Gasteiger partial charge in [-0.1, -0.05) is 42.5 Å². The quantitative estimate of drug-likeness (QED) is 0.718. The Morgan fingerprint density at radius 3 is 2.30 bits per heavy atom. The van der Waals surface area contributed by atoms with Gasteiger partial charge in [-0.25, -0.2) is 4.79 Å². The minimum absolute atomic E-state index is 0.243. The predicted octanol–water partition coefficient (Wildman–Crippen LogP) is 1.77. The topological polar surface area (TPSA) is 110 Å². The first-order chi connectivity index (χ1) is 11.0. The van der Waals surface area contributed by atoms with E-state index in [1.54, 1.807) is 24.3 Å². The first kappa shape index (κ1) is 16.5. The Hall–Kier alpha value is -2.86. The molecule has 2 aromatic rings. The molecule has 2 aromatic carbocycles. The van der Waals surface area contributed by atoms with E-state index in [0.29, 0.717) is 5.75 Å². The van der Waals surface area contributed by atoms with Crippen molar-refractivity contribution in [2.24, 2.45) is 5.73 Å². The zero-order valence-electron chi connectivity index (χ0n) is 12.3. The van der Waals surface area contributed by atoms with Crippen LogP contribution in [-0.4, -0.2) is 34.8 Å². The van der Waals surface area contributed by atoms with Crippen LogP contribution >= 0.6 is 0 Å². The standard InChI is InChI=1S/C17H17NO5/c18-14(17(21)22)9-11-5-7-12(8-6-11)13-3-1-2-4-15(13)23-10-16(19)20/h1-8,14H,9-10,18H2,(H,19,20)(H,21,22)/t14-/m0/s1. The van der Waals surface area contributed by atoms with E-state index in [4.69, 9.17) is 20.7 Å². The van der Waals surface area contributed by atoms with Gasteiger partial charge < -0.3 is 20.7 Å². The van der Waals surface area contributed by atoms with Gasteiger partial charge >= 0.3 is 11.9 Å². The van der Waals surface area contributed by atoms with Gasteiger partial charge in [-0.3, -0.25) is 4.79 Å². The molecule has 0 unspecified atom stereocenters. The third-order valence-electron chi connectivity index (χ3n) is 3.28. The van der Waals surface area contributed by atoms with E-state index >= 15 is 0 Å². The van der Waals surface area contributed by atoms with Crippen molar-refractivity contribution in [1.82, 2.24) is 0 Å². The van der Waals surface area contributed by atoms with Crippen molar-refractivity contribution >= 4 is 11.9 Å². The maximum absolute atomic E-state index is 10.8. The number of carbonyl (C=O) groups is 2. The first-order valence-corrected chi connectivity index (χ1v) is 6.98. The highest BCUT2D eigenvalue weighted by Gasteiger charge is 2.12. The molecule has 0 radical (unpaired) electrons. The number of para-hydroxylation sites is 1. The number of rotatable bonds is 7. The summed E-state index contributed by atoms with van der Waals surface area (Å²) in [6.07, 6.45) is 0.243. The van der Waals surface area contributed by atoms with E-state index in [1.165, 1.54) is 0 Å². The average Bonchev–Trinajstić information content (AvgIpc) is 2.54. The summed E-state index contributed by atoms with van der Waals surface area (Å²) in [5, 5.41) is 17.5. The number of hydrogen-bond acceptors (Lipinski definition) is 4. The molecule has 23 heavy (non-hydrogen) atoms. The van der Waals surface area contributed by atoms with E-state index in [9.17, 15) is 9.59 Å². The second kappa shape index (κ2) is 7.42. The molecule has 4 N–H and O–H groups in total. The molecule has 0 heterocycles. The Bertz CT molecular complexity index is 696. The average molecular weight is 315 g/mol. The Labute approximate surface area is 133 Å². The molecule has 6 heteroatoms. The number of ether oxygens (including phenoxy) is 1. The monoisotopic (exact) mass is 315 g/mol. The Morgan fingerprint density at radius 2 is 1.70 bits per heavy atom. The minimum Gasteiger partial charge on any atom is -0.481 e. The van der Waals surface area contributed by atoms with Gasteiger partial charge in [-0.15, -0.1) is 0 Å². The molecule has 120 valence electrons. The molecule has 2 rings (SSSR count). The number of carboxylic acid groups (broad SMARTS) is 2. The molecule has 0 aliphatic carbocycles. The Kier molecular flexibility index (Phi) is 5.32. The third-order valence-corrected chi connectivity index (χ3v) is 3.28. The van der Waals surface area contributed by atoms with Gasteiger partial charge in [-0.2, -0.15) is 0 Å². The summed E-state index contributed by atoms with van der Waals surface area (Å²) in [4.78, 5) is 21.4. The number of aliphatic carboxylic acids is 2. The normalized spacial score (nSPS) is 11.7. The highest BCUT2D eigenvalue weighted by atomic mass is 16.5. The molecule has 0 bridgehead atoms. The van der Waals surface area contributed by atoms with Crippen LogP contribution in [0.1, 0.15) is 5.56 Å². The van der Waals surface area contributed by atoms with E-state index in [1.807, 2.05) is 24.3 Å². The summed E-state index contributed by atoms with van der Waals surface area (Å²) in [6.45, 7) is -0.414. The van der Waals surface area contributed by atoms with Crippen LogP contribution in [0.3, 0.4) is 0 Å². The van der Waals surface area contributed by atoms with Crippen molar-refractivity contribution in [3.05, 3.63) is 54.1 Å². The highest BCUT2D eigenvalue weighted by Crippen LogP contribution is 2.30. The van der Waals surface area contributed by atoms with Crippen molar-refractivity contribution in [3.63, 3.8) is 0 Å². The SMILES string of the molecule is N[C@@H](Cc1ccc(-c2ccccc2OCC(=O)O)cc1)C(=O)O. The molecular weight excluding hydrogens is 298 g/mol. The van der Waals surface area contributed by atoms with Gasteiger partial charge in [0.2, 0.25) is 0 Å². The lowest BCUT2D eigenvalue weighted by Crippen LogP contribution is -2.32. The van der Waals surface area contributed by atoms with Crippen LogP contribution in [-0.2, 0) is 16.0 Å². The second-order valence-corrected chi connectivity index (χ2v) is 5.02. The molecule has 0 aromatic heterocycles. The Morgan fingerprint density at radius 1 is 1.04 bits per heavy atom. The van der Waals surface area contributed by atoms with Gasteiger partial charge in [0.1, 0.15) is 11.8 Å². The van der Waals surface area contributed by atoms with Crippen LogP contribution in [0.4, 0.5) is 0 Å². The summed E-state index contributed by atoms with van der Waals surface area (Å²) in [7, 11) is 0. The molecular formula is C17H17NO5. The van der Waals surface area contributed by atoms with E-state index in [-0.39, 0.29) is 6.42 Å². The second-order valence-electron chi connectivity index (χ2n) is 5.02. The molecule has 0 fully saturated rings. The molecule has 6 nitrogen and oxygen atoms in total. The van der Waals surface area contributed by atoms with E-state index < -0.39 is 24.6 Å². The van der Waals surface area contributed by atoms with Crippen molar-refractivity contribution in [3.8, 4) is 16.9 Å². The summed E-state index contributed by atoms with van der Waals surface area (Å²) in [5.41, 5.74) is 7.94. The van der Waals surface area contributed by atoms with Crippen LogP contribution in [0.25, 0.3) is 11.1 Å². The van der Waals surface area contributed by atoms with Gasteiger partial charge in [0.15, 0.2) is 6.61 Å². The summed E-state index contributed by atoms with van der Waals surface area (Å²) in [6, 6.07) is 13.4. The molecule has 0 aliphatic rings. The van der Waals surface area contributed by atoms with Gasteiger partial charge in [0.05, 0.1) is 0 Å². The fraction of sp³-hybridized carbons (Fsp3) is 0.176. The summed E-state index contributed by atoms with van der Waals surface area (Å²) < 4.78 is 5.28.